The van der Waals surface area contributed by atoms with Gasteiger partial charge >= 0.3 is 0 Å². The molecule has 14 heavy (non-hydrogen) atoms. The van der Waals surface area contributed by atoms with Crippen LogP contribution in [0, 0.1) is 5.92 Å². The third kappa shape index (κ3) is 3.97. The van der Waals surface area contributed by atoms with Crippen LogP contribution in [-0.4, -0.2) is 11.7 Å². The largest absolute Gasteiger partial charge is 0.466 e. The third-order valence-electron chi connectivity index (χ3n) is 2.27. The molecule has 1 N–H and O–H groups in total. The summed E-state index contributed by atoms with van der Waals surface area (Å²) in [5, 5.41) is 8.67. The first-order chi connectivity index (χ1) is 6.72. The number of hydrogen-bond donors (Lipinski definition) is 1. The van der Waals surface area contributed by atoms with Crippen molar-refractivity contribution in [2.75, 3.05) is 6.61 Å². The van der Waals surface area contributed by atoms with Crippen LogP contribution in [0.25, 0.3) is 0 Å². The van der Waals surface area contributed by atoms with Crippen LogP contribution in [0.5, 0.6) is 0 Å². The molecule has 0 spiro atoms. The Hall–Kier alpha value is -0.760. The molecule has 0 aliphatic heterocycles. The van der Waals surface area contributed by atoms with Crippen molar-refractivity contribution < 1.29 is 9.52 Å². The van der Waals surface area contributed by atoms with Crippen molar-refractivity contribution in [3.05, 3.63) is 23.7 Å². The second-order valence-electron chi connectivity index (χ2n) is 4.13. The monoisotopic (exact) mass is 196 g/mol. The van der Waals surface area contributed by atoms with Gasteiger partial charge in [-0.1, -0.05) is 13.8 Å². The van der Waals surface area contributed by atoms with E-state index < -0.39 is 0 Å². The molecule has 1 heterocycles. The lowest BCUT2D eigenvalue weighted by Gasteiger charge is -2.01. The molecule has 0 bridgehead atoms. The predicted molar refractivity (Wildman–Crippen MR) is 57.3 cm³/mol. The van der Waals surface area contributed by atoms with Gasteiger partial charge in [0.05, 0.1) is 0 Å². The van der Waals surface area contributed by atoms with Crippen LogP contribution in [0.3, 0.4) is 0 Å². The Labute approximate surface area is 85.9 Å². The fourth-order valence-electron chi connectivity index (χ4n) is 1.38. The van der Waals surface area contributed by atoms with E-state index in [0.29, 0.717) is 0 Å². The molecule has 2 heteroatoms. The Bertz CT molecular complexity index is 251. The van der Waals surface area contributed by atoms with E-state index >= 15 is 0 Å². The molecule has 0 atom stereocenters. The lowest BCUT2D eigenvalue weighted by Crippen LogP contribution is -1.90. The maximum Gasteiger partial charge on any atom is 0.104 e. The minimum Gasteiger partial charge on any atom is -0.466 e. The van der Waals surface area contributed by atoms with Gasteiger partial charge in [-0.3, -0.25) is 0 Å². The predicted octanol–water partition coefficient (Wildman–Crippen LogP) is 2.79. The number of aliphatic hydroxyl groups is 1. The highest BCUT2D eigenvalue weighted by Crippen LogP contribution is 2.14. The molecule has 0 aliphatic carbocycles. The van der Waals surface area contributed by atoms with Crippen molar-refractivity contribution in [2.45, 2.75) is 39.5 Å². The normalized spacial score (nSPS) is 11.1. The summed E-state index contributed by atoms with van der Waals surface area (Å²) in [6, 6.07) is 4.07. The van der Waals surface area contributed by atoms with Crippen LogP contribution in [0.2, 0.25) is 0 Å². The maximum atomic E-state index is 8.67. The van der Waals surface area contributed by atoms with Gasteiger partial charge in [0.25, 0.3) is 0 Å². The molecule has 0 saturated carbocycles. The Balaban J connectivity index is 2.35. The molecule has 0 amide bonds. The first-order valence-electron chi connectivity index (χ1n) is 5.41. The molecule has 0 unspecified atom stereocenters. The van der Waals surface area contributed by atoms with E-state index in [4.69, 9.17) is 9.52 Å². The number of hydrogen-bond acceptors (Lipinski definition) is 2. The first kappa shape index (κ1) is 11.3. The molecule has 0 aromatic carbocycles. The highest BCUT2D eigenvalue weighted by atomic mass is 16.3. The molecule has 1 aromatic rings. The second kappa shape index (κ2) is 5.86. The fourth-order valence-corrected chi connectivity index (χ4v) is 1.38. The zero-order valence-electron chi connectivity index (χ0n) is 9.12. The van der Waals surface area contributed by atoms with Gasteiger partial charge in [-0.05, 0) is 30.9 Å². The Morgan fingerprint density at radius 1 is 1.21 bits per heavy atom. The smallest absolute Gasteiger partial charge is 0.104 e. The molecule has 0 saturated heterocycles. The van der Waals surface area contributed by atoms with E-state index in [-0.39, 0.29) is 6.61 Å². The number of aryl methyl sites for hydroxylation is 2. The minimum atomic E-state index is 0.238. The fraction of sp³-hybridized carbons (Fsp3) is 0.667. The summed E-state index contributed by atoms with van der Waals surface area (Å²) < 4.78 is 5.62. The molecule has 0 radical (unpaired) electrons. The quantitative estimate of drug-likeness (QED) is 0.759. The van der Waals surface area contributed by atoms with E-state index in [1.54, 1.807) is 0 Å². The molecule has 2 nitrogen and oxygen atoms in total. The summed E-state index contributed by atoms with van der Waals surface area (Å²) >= 11 is 0. The van der Waals surface area contributed by atoms with Crippen LogP contribution in [-0.2, 0) is 12.8 Å². The summed E-state index contributed by atoms with van der Waals surface area (Å²) in [6.45, 7) is 4.67. The summed E-state index contributed by atoms with van der Waals surface area (Å²) in [5.41, 5.74) is 0. The van der Waals surface area contributed by atoms with E-state index in [2.05, 4.69) is 19.9 Å². The van der Waals surface area contributed by atoms with Crippen LogP contribution in [0.4, 0.5) is 0 Å². The van der Waals surface area contributed by atoms with Crippen LogP contribution >= 0.6 is 0 Å². The maximum absolute atomic E-state index is 8.67. The molecule has 1 rings (SSSR count). The summed E-state index contributed by atoms with van der Waals surface area (Å²) in [5.74, 6) is 2.80. The number of aliphatic hydroxyl groups excluding tert-OH is 1. The second-order valence-corrected chi connectivity index (χ2v) is 4.13. The Morgan fingerprint density at radius 3 is 2.43 bits per heavy atom. The molecule has 1 aromatic heterocycles. The van der Waals surface area contributed by atoms with E-state index in [0.717, 1.165) is 36.7 Å². The van der Waals surface area contributed by atoms with Gasteiger partial charge in [-0.15, -0.1) is 0 Å². The summed E-state index contributed by atoms with van der Waals surface area (Å²) in [4.78, 5) is 0. The number of furan rings is 1. The van der Waals surface area contributed by atoms with Gasteiger partial charge in [0, 0.05) is 19.4 Å². The number of rotatable bonds is 6. The molecular weight excluding hydrogens is 176 g/mol. The zero-order valence-corrected chi connectivity index (χ0v) is 9.12. The highest BCUT2D eigenvalue weighted by molar-refractivity contribution is 5.07. The Morgan fingerprint density at radius 2 is 1.86 bits per heavy atom. The Kier molecular flexibility index (Phi) is 4.74. The summed E-state index contributed by atoms with van der Waals surface area (Å²) in [7, 11) is 0. The van der Waals surface area contributed by atoms with Gasteiger partial charge in [0.1, 0.15) is 11.5 Å². The van der Waals surface area contributed by atoms with Gasteiger partial charge in [-0.25, -0.2) is 0 Å². The standard InChI is InChI=1S/C12H20O2/c1-10(2)5-6-12-8-7-11(14-12)4-3-9-13/h7-8,10,13H,3-6,9H2,1-2H3. The molecular formula is C12H20O2. The minimum absolute atomic E-state index is 0.238. The van der Waals surface area contributed by atoms with Gasteiger partial charge in [0.2, 0.25) is 0 Å². The summed E-state index contributed by atoms with van der Waals surface area (Å²) in [6.07, 6.45) is 3.83. The lowest BCUT2D eigenvalue weighted by atomic mass is 10.1. The van der Waals surface area contributed by atoms with Crippen molar-refractivity contribution in [2.24, 2.45) is 5.92 Å². The van der Waals surface area contributed by atoms with E-state index in [1.165, 1.54) is 6.42 Å². The highest BCUT2D eigenvalue weighted by Gasteiger charge is 2.02. The SMILES string of the molecule is CC(C)CCc1ccc(CCCO)o1. The van der Waals surface area contributed by atoms with Gasteiger partial charge in [0.15, 0.2) is 0 Å². The van der Waals surface area contributed by atoms with Crippen molar-refractivity contribution in [3.63, 3.8) is 0 Å². The molecule has 80 valence electrons. The first-order valence-corrected chi connectivity index (χ1v) is 5.41. The van der Waals surface area contributed by atoms with Crippen molar-refractivity contribution in [1.82, 2.24) is 0 Å². The average molecular weight is 196 g/mol. The molecule has 0 fully saturated rings. The zero-order chi connectivity index (χ0) is 10.4. The van der Waals surface area contributed by atoms with Crippen LogP contribution in [0.15, 0.2) is 16.5 Å². The third-order valence-corrected chi connectivity index (χ3v) is 2.27. The van der Waals surface area contributed by atoms with Crippen molar-refractivity contribution in [1.29, 1.82) is 0 Å². The van der Waals surface area contributed by atoms with Crippen LogP contribution in [0.1, 0.15) is 38.2 Å². The van der Waals surface area contributed by atoms with E-state index in [1.807, 2.05) is 6.07 Å². The lowest BCUT2D eigenvalue weighted by molar-refractivity contribution is 0.283. The topological polar surface area (TPSA) is 33.4 Å². The van der Waals surface area contributed by atoms with Gasteiger partial charge in [-0.2, -0.15) is 0 Å². The molecule has 0 aliphatic rings. The van der Waals surface area contributed by atoms with Gasteiger partial charge < -0.3 is 9.52 Å². The average Bonchev–Trinajstić information content (AvgIpc) is 2.59. The van der Waals surface area contributed by atoms with Crippen molar-refractivity contribution >= 4 is 0 Å². The van der Waals surface area contributed by atoms with E-state index in [9.17, 15) is 0 Å². The van der Waals surface area contributed by atoms with Crippen LogP contribution < -0.4 is 0 Å². The van der Waals surface area contributed by atoms with Crippen molar-refractivity contribution in [3.8, 4) is 0 Å².